The third kappa shape index (κ3) is 3.60. The Morgan fingerprint density at radius 2 is 2.04 bits per heavy atom. The Morgan fingerprint density at radius 1 is 1.25 bits per heavy atom. The van der Waals surface area contributed by atoms with Crippen LogP contribution in [0.2, 0.25) is 0 Å². The van der Waals surface area contributed by atoms with E-state index in [4.69, 9.17) is 9.26 Å². The summed E-state index contributed by atoms with van der Waals surface area (Å²) in [7, 11) is 1.83. The van der Waals surface area contributed by atoms with Crippen LogP contribution in [0.5, 0.6) is 0 Å². The monoisotopic (exact) mass is 382 g/mol. The highest BCUT2D eigenvalue weighted by atomic mass is 16.5. The number of carbonyl (C=O) groups is 1. The third-order valence-corrected chi connectivity index (χ3v) is 6.35. The molecule has 0 saturated heterocycles. The molecule has 4 rings (SSSR count). The van der Waals surface area contributed by atoms with Gasteiger partial charge < -0.3 is 14.2 Å². The molecule has 150 valence electrons. The second-order valence-corrected chi connectivity index (χ2v) is 9.23. The number of hydrogen-bond acceptors (Lipinski definition) is 4. The van der Waals surface area contributed by atoms with E-state index in [1.165, 1.54) is 11.1 Å². The fourth-order valence-electron chi connectivity index (χ4n) is 4.45. The highest BCUT2D eigenvalue weighted by molar-refractivity contribution is 5.93. The second-order valence-electron chi connectivity index (χ2n) is 9.23. The molecule has 1 amide bonds. The van der Waals surface area contributed by atoms with Crippen LogP contribution in [0.3, 0.4) is 0 Å². The van der Waals surface area contributed by atoms with Crippen molar-refractivity contribution in [3.05, 3.63) is 52.4 Å². The number of fused-ring (bicyclic) bond motifs is 2. The van der Waals surface area contributed by atoms with Crippen LogP contribution < -0.4 is 0 Å². The maximum absolute atomic E-state index is 13.2. The van der Waals surface area contributed by atoms with Gasteiger partial charge in [-0.25, -0.2) is 0 Å². The quantitative estimate of drug-likeness (QED) is 0.798. The van der Waals surface area contributed by atoms with Crippen LogP contribution in [0, 0.1) is 11.3 Å². The number of carbonyl (C=O) groups excluding carboxylic acids is 1. The summed E-state index contributed by atoms with van der Waals surface area (Å²) in [4.78, 5) is 14.9. The maximum atomic E-state index is 13.2. The third-order valence-electron chi connectivity index (χ3n) is 6.35. The first-order valence-corrected chi connectivity index (χ1v) is 10.3. The van der Waals surface area contributed by atoms with E-state index in [1.807, 2.05) is 13.1 Å². The molecule has 5 heteroatoms. The summed E-state index contributed by atoms with van der Waals surface area (Å²) in [5.41, 5.74) is 4.19. The van der Waals surface area contributed by atoms with E-state index in [1.54, 1.807) is 4.90 Å². The molecule has 0 bridgehead atoms. The van der Waals surface area contributed by atoms with Crippen LogP contribution >= 0.6 is 0 Å². The van der Waals surface area contributed by atoms with Crippen molar-refractivity contribution in [3.8, 4) is 0 Å². The average molecular weight is 383 g/mol. The average Bonchev–Trinajstić information content (AvgIpc) is 3.10. The van der Waals surface area contributed by atoms with Crippen LogP contribution in [0.25, 0.3) is 0 Å². The van der Waals surface area contributed by atoms with Crippen molar-refractivity contribution in [2.45, 2.75) is 52.6 Å². The van der Waals surface area contributed by atoms with E-state index in [0.717, 1.165) is 37.0 Å². The Hall–Kier alpha value is -2.14. The van der Waals surface area contributed by atoms with Crippen LogP contribution in [0.1, 0.15) is 66.2 Å². The molecule has 0 spiro atoms. The van der Waals surface area contributed by atoms with E-state index in [-0.39, 0.29) is 17.4 Å². The van der Waals surface area contributed by atoms with Gasteiger partial charge in [-0.1, -0.05) is 50.2 Å². The molecule has 28 heavy (non-hydrogen) atoms. The topological polar surface area (TPSA) is 55.6 Å². The van der Waals surface area contributed by atoms with Gasteiger partial charge in [0.15, 0.2) is 5.69 Å². The lowest BCUT2D eigenvalue weighted by molar-refractivity contribution is 0.0197. The van der Waals surface area contributed by atoms with E-state index >= 15 is 0 Å². The minimum Gasteiger partial charge on any atom is -0.371 e. The van der Waals surface area contributed by atoms with Crippen molar-refractivity contribution in [2.75, 3.05) is 20.2 Å². The number of nitrogens with zero attached hydrogens (tertiary/aromatic N) is 2. The molecule has 1 aliphatic carbocycles. The summed E-state index contributed by atoms with van der Waals surface area (Å²) < 4.78 is 11.5. The van der Waals surface area contributed by atoms with Gasteiger partial charge >= 0.3 is 0 Å². The van der Waals surface area contributed by atoms with E-state index in [0.29, 0.717) is 24.8 Å². The van der Waals surface area contributed by atoms with Crippen LogP contribution in [0.15, 0.2) is 28.8 Å². The number of rotatable bonds is 3. The molecule has 0 N–H and O–H groups in total. The molecule has 5 nitrogen and oxygen atoms in total. The molecule has 0 fully saturated rings. The van der Waals surface area contributed by atoms with Crippen molar-refractivity contribution in [3.63, 3.8) is 0 Å². The van der Waals surface area contributed by atoms with Crippen molar-refractivity contribution in [1.29, 1.82) is 0 Å². The summed E-state index contributed by atoms with van der Waals surface area (Å²) in [5, 5.41) is 4.17. The van der Waals surface area contributed by atoms with Crippen LogP contribution in [0.4, 0.5) is 0 Å². The Labute approximate surface area is 167 Å². The van der Waals surface area contributed by atoms with Crippen LogP contribution in [-0.4, -0.2) is 36.2 Å². The number of ether oxygens (including phenoxy) is 1. The highest BCUT2D eigenvalue weighted by Crippen LogP contribution is 2.38. The SMILES string of the molecule is CN(C[C@@H]1OCCc2ccccc21)C(=O)c1noc2c1C[C@H](C(C)(C)C)CC2. The van der Waals surface area contributed by atoms with Crippen molar-refractivity contribution in [2.24, 2.45) is 11.3 Å². The Balaban J connectivity index is 1.51. The first kappa shape index (κ1) is 19.2. The predicted molar refractivity (Wildman–Crippen MR) is 107 cm³/mol. The first-order chi connectivity index (χ1) is 13.3. The molecule has 2 heterocycles. The molecular weight excluding hydrogens is 352 g/mol. The normalized spacial score (nSPS) is 21.7. The Kier molecular flexibility index (Phi) is 5.04. The minimum atomic E-state index is -0.0936. The minimum absolute atomic E-state index is 0.0776. The molecule has 2 aromatic rings. The van der Waals surface area contributed by atoms with E-state index < -0.39 is 0 Å². The number of aromatic nitrogens is 1. The summed E-state index contributed by atoms with van der Waals surface area (Å²) >= 11 is 0. The number of amides is 1. The number of benzene rings is 1. The van der Waals surface area contributed by atoms with Gasteiger partial charge in [0.05, 0.1) is 13.2 Å². The summed E-state index contributed by atoms with van der Waals surface area (Å²) in [6.45, 7) is 8.00. The maximum Gasteiger partial charge on any atom is 0.276 e. The molecule has 0 saturated carbocycles. The number of likely N-dealkylation sites (N-methyl/N-ethyl adjacent to an activating group) is 1. The number of aryl methyl sites for hydroxylation is 1. The number of hydrogen-bond donors (Lipinski definition) is 0. The smallest absolute Gasteiger partial charge is 0.276 e. The van der Waals surface area contributed by atoms with Gasteiger partial charge in [-0.2, -0.15) is 0 Å². The fourth-order valence-corrected chi connectivity index (χ4v) is 4.45. The zero-order chi connectivity index (χ0) is 19.9. The van der Waals surface area contributed by atoms with Gasteiger partial charge in [-0.05, 0) is 41.7 Å². The molecule has 1 aromatic carbocycles. The van der Waals surface area contributed by atoms with Gasteiger partial charge in [0.25, 0.3) is 5.91 Å². The molecule has 2 aliphatic rings. The highest BCUT2D eigenvalue weighted by Gasteiger charge is 2.35. The summed E-state index contributed by atoms with van der Waals surface area (Å²) in [6.07, 6.45) is 3.64. The second kappa shape index (κ2) is 7.36. The molecular formula is C23H30N2O3. The first-order valence-electron chi connectivity index (χ1n) is 10.3. The molecule has 1 aliphatic heterocycles. The van der Waals surface area contributed by atoms with Crippen molar-refractivity contribution < 1.29 is 14.1 Å². The summed E-state index contributed by atoms with van der Waals surface area (Å²) in [5.74, 6) is 1.34. The van der Waals surface area contributed by atoms with Gasteiger partial charge in [0.1, 0.15) is 11.9 Å². The van der Waals surface area contributed by atoms with Gasteiger partial charge in [0, 0.05) is 19.0 Å². The van der Waals surface area contributed by atoms with Crippen molar-refractivity contribution >= 4 is 5.91 Å². The lowest BCUT2D eigenvalue weighted by Gasteiger charge is -2.33. The standard InChI is InChI=1S/C23H30N2O3/c1-23(2,3)16-9-10-19-18(13-16)21(24-28-19)22(26)25(4)14-20-17-8-6-5-7-15(17)11-12-27-20/h5-8,16,20H,9-14H2,1-4H3/t16-,20+/m1/s1. The lowest BCUT2D eigenvalue weighted by Crippen LogP contribution is -2.35. The summed E-state index contributed by atoms with van der Waals surface area (Å²) in [6, 6.07) is 8.34. The molecule has 0 radical (unpaired) electrons. The van der Waals surface area contributed by atoms with Gasteiger partial charge in [-0.15, -0.1) is 0 Å². The molecule has 0 unspecified atom stereocenters. The van der Waals surface area contributed by atoms with E-state index in [9.17, 15) is 4.79 Å². The Bertz CT molecular complexity index is 865. The Morgan fingerprint density at radius 3 is 2.82 bits per heavy atom. The van der Waals surface area contributed by atoms with Gasteiger partial charge in [0.2, 0.25) is 0 Å². The largest absolute Gasteiger partial charge is 0.371 e. The zero-order valence-electron chi connectivity index (χ0n) is 17.3. The lowest BCUT2D eigenvalue weighted by atomic mass is 9.71. The zero-order valence-corrected chi connectivity index (χ0v) is 17.3. The fraction of sp³-hybridized carbons (Fsp3) is 0.565. The van der Waals surface area contributed by atoms with E-state index in [2.05, 4.69) is 44.1 Å². The van der Waals surface area contributed by atoms with Crippen LogP contribution in [-0.2, 0) is 24.0 Å². The van der Waals surface area contributed by atoms with Gasteiger partial charge in [-0.3, -0.25) is 4.79 Å². The predicted octanol–water partition coefficient (Wildman–Crippen LogP) is 4.21. The molecule has 2 atom stereocenters. The molecule has 1 aromatic heterocycles. The van der Waals surface area contributed by atoms with Crippen molar-refractivity contribution in [1.82, 2.24) is 10.1 Å².